The Balaban J connectivity index is 3.37. The third kappa shape index (κ3) is 6.17. The zero-order chi connectivity index (χ0) is 19.8. The second kappa shape index (κ2) is 11.0. The molecule has 1 aliphatic rings. The van der Waals surface area contributed by atoms with E-state index in [9.17, 15) is 0 Å². The van der Waals surface area contributed by atoms with Crippen molar-refractivity contribution in [2.24, 2.45) is 11.8 Å². The van der Waals surface area contributed by atoms with Crippen LogP contribution in [0.5, 0.6) is 0 Å². The Bertz CT molecular complexity index is 506. The predicted octanol–water partition coefficient (Wildman–Crippen LogP) is 7.92. The Hall–Kier alpha value is -0.195. The van der Waals surface area contributed by atoms with Crippen LogP contribution in [0.2, 0.25) is 5.31 Å². The Kier molecular flexibility index (Phi) is 10.1. The van der Waals surface area contributed by atoms with Crippen LogP contribution >= 0.6 is 15.9 Å². The molecule has 0 heterocycles. The van der Waals surface area contributed by atoms with Gasteiger partial charge in [-0.25, -0.2) is 0 Å². The number of hydrogen-bond donors (Lipinski definition) is 0. The molecule has 0 aromatic rings. The molecule has 1 unspecified atom stereocenters. The summed E-state index contributed by atoms with van der Waals surface area (Å²) in [6.07, 6.45) is 11.1. The van der Waals surface area contributed by atoms with Gasteiger partial charge in [0, 0.05) is 12.0 Å². The van der Waals surface area contributed by atoms with E-state index in [0.717, 1.165) is 6.42 Å². The van der Waals surface area contributed by atoms with E-state index < -0.39 is 6.35 Å². The number of hydrogen-bond acceptors (Lipinski definition) is 1. The third-order valence-electron chi connectivity index (χ3n) is 6.39. The van der Waals surface area contributed by atoms with Gasteiger partial charge in [0.15, 0.2) is 0 Å². The molecule has 0 saturated heterocycles. The summed E-state index contributed by atoms with van der Waals surface area (Å²) in [6.45, 7) is 15.8. The average Bonchev–Trinajstić information content (AvgIpc) is 2.58. The van der Waals surface area contributed by atoms with Crippen molar-refractivity contribution in [2.45, 2.75) is 111 Å². The van der Waals surface area contributed by atoms with Crippen molar-refractivity contribution in [1.29, 1.82) is 0 Å². The summed E-state index contributed by atoms with van der Waals surface area (Å²) in [5.74, 6) is 8.46. The van der Waals surface area contributed by atoms with E-state index in [1.165, 1.54) is 49.3 Å². The van der Waals surface area contributed by atoms with Crippen LogP contribution in [0.4, 0.5) is 0 Å². The number of halogens is 1. The molecule has 26 heavy (non-hydrogen) atoms. The summed E-state index contributed by atoms with van der Waals surface area (Å²) in [5.41, 5.74) is 0. The van der Waals surface area contributed by atoms with Crippen molar-refractivity contribution in [3.63, 3.8) is 0 Å². The molecule has 0 bridgehead atoms. The first-order valence-electron chi connectivity index (χ1n) is 10.9. The highest BCUT2D eigenvalue weighted by Gasteiger charge is 2.44. The predicted molar refractivity (Wildman–Crippen MR) is 122 cm³/mol. The van der Waals surface area contributed by atoms with E-state index in [0.29, 0.717) is 11.8 Å². The summed E-state index contributed by atoms with van der Waals surface area (Å²) in [4.78, 5) is 0. The van der Waals surface area contributed by atoms with Crippen molar-refractivity contribution in [3.05, 3.63) is 10.5 Å². The molecular formula is C23H41BBrO-. The minimum atomic E-state index is -1.43. The van der Waals surface area contributed by atoms with E-state index in [4.69, 9.17) is 4.65 Å². The molecule has 0 amide bonds. The Morgan fingerprint density at radius 3 is 2.31 bits per heavy atom. The van der Waals surface area contributed by atoms with Crippen molar-refractivity contribution in [3.8, 4) is 11.7 Å². The molecule has 0 spiro atoms. The van der Waals surface area contributed by atoms with Crippen molar-refractivity contribution in [2.75, 3.05) is 0 Å². The molecule has 1 fully saturated rings. The molecule has 0 radical (unpaired) electrons. The zero-order valence-corrected chi connectivity index (χ0v) is 19.9. The fourth-order valence-corrected chi connectivity index (χ4v) is 4.90. The second-order valence-corrected chi connectivity index (χ2v) is 10.2. The van der Waals surface area contributed by atoms with E-state index in [1.54, 1.807) is 0 Å². The van der Waals surface area contributed by atoms with Crippen LogP contribution in [0.15, 0.2) is 10.5 Å². The fourth-order valence-electron chi connectivity index (χ4n) is 3.85. The van der Waals surface area contributed by atoms with E-state index >= 15 is 0 Å². The number of rotatable bonds is 8. The smallest absolute Gasteiger partial charge is 0.225 e. The van der Waals surface area contributed by atoms with Gasteiger partial charge in [0.1, 0.15) is 0 Å². The summed E-state index contributed by atoms with van der Waals surface area (Å²) < 4.78 is 7.90. The highest BCUT2D eigenvalue weighted by Crippen LogP contribution is 2.50. The lowest BCUT2D eigenvalue weighted by molar-refractivity contribution is 0.213. The average molecular weight is 424 g/mol. The number of allylic oxidation sites excluding steroid dienone is 1. The molecule has 0 N–H and O–H groups in total. The van der Waals surface area contributed by atoms with Crippen LogP contribution in [-0.4, -0.2) is 12.5 Å². The standard InChI is InChI=1S/C23H41BBrO/c1-8-9-11-16-22(25)24(26-20(4)5,23(6,7)19(2)3)18-17-21-14-12-10-13-15-21/h16,19-21H,8-15H2,1-7H3/q-1/b22-16-. The SMILES string of the molecule is CCCC/C=C(\Br)[B-](C#CC1CCCCC1)(OC(C)C)C(C)(C)C(C)C. The largest absolute Gasteiger partial charge is 0.574 e. The van der Waals surface area contributed by atoms with Gasteiger partial charge in [-0.1, -0.05) is 88.6 Å². The molecule has 3 heteroatoms. The quantitative estimate of drug-likeness (QED) is 0.218. The Morgan fingerprint density at radius 1 is 1.19 bits per heavy atom. The molecular weight excluding hydrogens is 383 g/mol. The lowest BCUT2D eigenvalue weighted by atomic mass is 9.24. The van der Waals surface area contributed by atoms with Crippen molar-refractivity contribution < 1.29 is 4.65 Å². The lowest BCUT2D eigenvalue weighted by Crippen LogP contribution is -2.52. The van der Waals surface area contributed by atoms with Crippen LogP contribution in [0.1, 0.15) is 99.8 Å². The zero-order valence-electron chi connectivity index (χ0n) is 18.3. The van der Waals surface area contributed by atoms with Crippen molar-refractivity contribution in [1.82, 2.24) is 0 Å². The highest BCUT2D eigenvalue weighted by molar-refractivity contribution is 9.12. The van der Waals surface area contributed by atoms with Gasteiger partial charge < -0.3 is 4.65 Å². The van der Waals surface area contributed by atoms with Gasteiger partial charge in [-0.15, -0.1) is 21.7 Å². The Labute approximate surface area is 172 Å². The van der Waals surface area contributed by atoms with Crippen LogP contribution in [0.3, 0.4) is 0 Å². The molecule has 1 aliphatic carbocycles. The molecule has 0 aromatic heterocycles. The van der Waals surface area contributed by atoms with Crippen LogP contribution in [0.25, 0.3) is 0 Å². The summed E-state index contributed by atoms with van der Waals surface area (Å²) in [7, 11) is 0. The van der Waals surface area contributed by atoms with Gasteiger partial charge >= 0.3 is 0 Å². The van der Waals surface area contributed by atoms with E-state index in [-0.39, 0.29) is 11.4 Å². The fraction of sp³-hybridized carbons (Fsp3) is 0.826. The maximum absolute atomic E-state index is 6.72. The minimum Gasteiger partial charge on any atom is -0.574 e. The summed E-state index contributed by atoms with van der Waals surface area (Å²) in [6, 6.07) is 0. The molecule has 0 aromatic carbocycles. The maximum Gasteiger partial charge on any atom is 0.225 e. The van der Waals surface area contributed by atoms with Gasteiger partial charge in [-0.3, -0.25) is 5.82 Å². The minimum absolute atomic E-state index is 0.0342. The second-order valence-electron chi connectivity index (χ2n) is 9.30. The maximum atomic E-state index is 6.72. The van der Waals surface area contributed by atoms with Crippen LogP contribution in [0, 0.1) is 23.6 Å². The molecule has 0 aliphatic heterocycles. The topological polar surface area (TPSA) is 9.23 Å². The number of unbranched alkanes of at least 4 members (excludes halogenated alkanes) is 2. The summed E-state index contributed by atoms with van der Waals surface area (Å²) in [5, 5.41) is -0.0342. The van der Waals surface area contributed by atoms with Crippen molar-refractivity contribution >= 4 is 22.3 Å². The van der Waals surface area contributed by atoms with E-state index in [2.05, 4.69) is 82.2 Å². The normalized spacial score (nSPS) is 19.4. The lowest BCUT2D eigenvalue weighted by Gasteiger charge is -2.54. The van der Waals surface area contributed by atoms with Crippen LogP contribution < -0.4 is 0 Å². The molecule has 1 saturated carbocycles. The summed E-state index contributed by atoms with van der Waals surface area (Å²) >= 11 is 3.95. The molecule has 150 valence electrons. The van der Waals surface area contributed by atoms with Gasteiger partial charge in [0.2, 0.25) is 6.35 Å². The monoisotopic (exact) mass is 423 g/mol. The molecule has 1 rings (SSSR count). The van der Waals surface area contributed by atoms with Gasteiger partial charge in [-0.2, -0.15) is 0 Å². The molecule has 1 atom stereocenters. The van der Waals surface area contributed by atoms with Crippen LogP contribution in [-0.2, 0) is 4.65 Å². The van der Waals surface area contributed by atoms with Gasteiger partial charge in [0.05, 0.1) is 0 Å². The first kappa shape index (κ1) is 23.8. The van der Waals surface area contributed by atoms with Gasteiger partial charge in [-0.05, 0) is 33.1 Å². The van der Waals surface area contributed by atoms with Gasteiger partial charge in [0.25, 0.3) is 0 Å². The highest BCUT2D eigenvalue weighted by atomic mass is 79.9. The molecule has 1 nitrogen and oxygen atoms in total. The first-order valence-corrected chi connectivity index (χ1v) is 11.7. The third-order valence-corrected chi connectivity index (χ3v) is 7.36. The first-order chi connectivity index (χ1) is 12.2. The van der Waals surface area contributed by atoms with E-state index in [1.807, 2.05) is 0 Å². The Morgan fingerprint density at radius 2 is 1.81 bits per heavy atom.